The van der Waals surface area contributed by atoms with Crippen LogP contribution in [0, 0.1) is 82.9 Å². The van der Waals surface area contributed by atoms with Crippen molar-refractivity contribution in [1.29, 1.82) is 0 Å². The number of ether oxygens (including phenoxy) is 2. The summed E-state index contributed by atoms with van der Waals surface area (Å²) in [5, 5.41) is 0. The fourth-order valence-corrected chi connectivity index (χ4v) is 14.9. The highest BCUT2D eigenvalue weighted by molar-refractivity contribution is 5.75. The van der Waals surface area contributed by atoms with Crippen LogP contribution in [0.3, 0.4) is 0 Å². The summed E-state index contributed by atoms with van der Waals surface area (Å²) >= 11 is 0. The Morgan fingerprint density at radius 1 is 0.333 bits per heavy atom. The standard InChI is InChI=1S/C27H40O2.C21H36O2.C14H26/c1-19-3-7-21(8-4-19)23-11-13-25(14-12-23)27(28)29-26-17-15-24(16-18-26)22-9-5-20(2)6-10-22;1-15-3-7-17(8-4-15)18-9-11-19(12-10-18)21(22)23-20-13-5-16(2)6-14-20;1-11-3-7-13(8-4-11)14-9-5-12(2)6-10-14/h15-23,25H,3-14H2,1-2H3;15-20H,3-14H2,1-2H3;11-14H,3-10H2,1-2H3. The first-order chi connectivity index (χ1) is 31.9. The molecule has 4 nitrogen and oxygen atoms in total. The van der Waals surface area contributed by atoms with E-state index in [2.05, 4.69) is 53.7 Å². The van der Waals surface area contributed by atoms with Crippen molar-refractivity contribution in [2.24, 2.45) is 82.9 Å². The number of hydrogen-bond acceptors (Lipinski definition) is 4. The Hall–Kier alpha value is -1.84. The van der Waals surface area contributed by atoms with Gasteiger partial charge in [0, 0.05) is 0 Å². The molecule has 8 aliphatic rings. The van der Waals surface area contributed by atoms with Gasteiger partial charge in [0.2, 0.25) is 0 Å². The molecule has 8 fully saturated rings. The average molecular weight is 911 g/mol. The van der Waals surface area contributed by atoms with Crippen molar-refractivity contribution >= 4 is 11.9 Å². The molecule has 0 aliphatic heterocycles. The van der Waals surface area contributed by atoms with E-state index in [0.717, 1.165) is 115 Å². The zero-order valence-corrected chi connectivity index (χ0v) is 43.8. The van der Waals surface area contributed by atoms with E-state index in [1.807, 2.05) is 12.1 Å². The number of esters is 2. The fourth-order valence-electron chi connectivity index (χ4n) is 14.9. The second-order valence-electron chi connectivity index (χ2n) is 25.6. The molecule has 0 amide bonds. The molecule has 0 aromatic heterocycles. The summed E-state index contributed by atoms with van der Waals surface area (Å²) in [6.07, 6.45) is 42.8. The van der Waals surface area contributed by atoms with Crippen LogP contribution in [0.15, 0.2) is 24.3 Å². The maximum absolute atomic E-state index is 12.7. The third kappa shape index (κ3) is 16.1. The second kappa shape index (κ2) is 26.4. The monoisotopic (exact) mass is 911 g/mol. The minimum Gasteiger partial charge on any atom is -0.462 e. The lowest BCUT2D eigenvalue weighted by atomic mass is 9.69. The summed E-state index contributed by atoms with van der Waals surface area (Å²) < 4.78 is 11.6. The third-order valence-electron chi connectivity index (χ3n) is 20.3. The lowest BCUT2D eigenvalue weighted by molar-refractivity contribution is -0.157. The second-order valence-corrected chi connectivity index (χ2v) is 25.6. The SMILES string of the molecule is CC1CCC(C2CCC(C)CC2)CC1.CC1CCC(OC(=O)C2CCC(C3CCC(C)CC3)CC2)CC1.CC1CCC(c2ccc(OC(=O)C3CCC(C4CCC(C)CC4)CC3)cc2)CC1. The van der Waals surface area contributed by atoms with Crippen LogP contribution in [0.25, 0.3) is 0 Å². The van der Waals surface area contributed by atoms with E-state index in [9.17, 15) is 9.59 Å². The van der Waals surface area contributed by atoms with Gasteiger partial charge in [0.15, 0.2) is 0 Å². The van der Waals surface area contributed by atoms with Crippen molar-refractivity contribution in [2.75, 3.05) is 0 Å². The van der Waals surface area contributed by atoms with Gasteiger partial charge in [0.05, 0.1) is 11.8 Å². The minimum absolute atomic E-state index is 0.0000393. The quantitative estimate of drug-likeness (QED) is 0.193. The van der Waals surface area contributed by atoms with Crippen molar-refractivity contribution in [2.45, 2.75) is 259 Å². The third-order valence-corrected chi connectivity index (χ3v) is 20.3. The topological polar surface area (TPSA) is 52.6 Å². The summed E-state index contributed by atoms with van der Waals surface area (Å²) in [6.45, 7) is 14.3. The predicted molar refractivity (Wildman–Crippen MR) is 275 cm³/mol. The number of carbonyl (C=O) groups is 2. The van der Waals surface area contributed by atoms with E-state index in [1.165, 1.54) is 147 Å². The molecule has 0 heterocycles. The Kier molecular flexibility index (Phi) is 20.8. The molecule has 0 N–H and O–H groups in total. The lowest BCUT2D eigenvalue weighted by Gasteiger charge is -2.37. The van der Waals surface area contributed by atoms with Crippen LogP contribution < -0.4 is 4.74 Å². The van der Waals surface area contributed by atoms with Gasteiger partial charge >= 0.3 is 11.9 Å². The average Bonchev–Trinajstić information content (AvgIpc) is 3.34. The highest BCUT2D eigenvalue weighted by Gasteiger charge is 2.36. The van der Waals surface area contributed by atoms with Crippen LogP contribution in [0.2, 0.25) is 0 Å². The lowest BCUT2D eigenvalue weighted by Crippen LogP contribution is -2.31. The molecule has 0 unspecified atom stereocenters. The molecule has 0 saturated heterocycles. The first kappa shape index (κ1) is 52.0. The molecule has 374 valence electrons. The Morgan fingerprint density at radius 3 is 0.939 bits per heavy atom. The van der Waals surface area contributed by atoms with Crippen LogP contribution in [0.5, 0.6) is 5.75 Å². The largest absolute Gasteiger partial charge is 0.462 e. The van der Waals surface area contributed by atoms with Gasteiger partial charge in [-0.2, -0.15) is 0 Å². The van der Waals surface area contributed by atoms with E-state index < -0.39 is 0 Å². The molecule has 8 saturated carbocycles. The van der Waals surface area contributed by atoms with Crippen molar-refractivity contribution in [3.8, 4) is 5.75 Å². The summed E-state index contributed by atoms with van der Waals surface area (Å²) in [4.78, 5) is 25.1. The van der Waals surface area contributed by atoms with E-state index in [4.69, 9.17) is 9.47 Å². The Morgan fingerprint density at radius 2 is 0.606 bits per heavy atom. The number of benzene rings is 1. The summed E-state index contributed by atoms with van der Waals surface area (Å²) in [5.74, 6) is 13.3. The highest BCUT2D eigenvalue weighted by Crippen LogP contribution is 2.45. The summed E-state index contributed by atoms with van der Waals surface area (Å²) in [6, 6.07) is 8.40. The maximum Gasteiger partial charge on any atom is 0.314 e. The van der Waals surface area contributed by atoms with Crippen molar-refractivity contribution in [3.05, 3.63) is 29.8 Å². The minimum atomic E-state index is -0.0000393. The smallest absolute Gasteiger partial charge is 0.314 e. The van der Waals surface area contributed by atoms with E-state index in [1.54, 1.807) is 25.7 Å². The van der Waals surface area contributed by atoms with Gasteiger partial charge in [-0.15, -0.1) is 0 Å². The molecule has 66 heavy (non-hydrogen) atoms. The molecule has 1 aromatic carbocycles. The van der Waals surface area contributed by atoms with Crippen molar-refractivity contribution in [1.82, 2.24) is 0 Å². The molecule has 9 rings (SSSR count). The van der Waals surface area contributed by atoms with Gasteiger partial charge in [-0.3, -0.25) is 9.59 Å². The van der Waals surface area contributed by atoms with E-state index >= 15 is 0 Å². The Labute approximate surface area is 406 Å². The van der Waals surface area contributed by atoms with Crippen LogP contribution >= 0.6 is 0 Å². The normalized spacial score (nSPS) is 40.0. The van der Waals surface area contributed by atoms with Crippen LogP contribution in [-0.2, 0) is 14.3 Å². The molecular formula is C62H102O4. The Balaban J connectivity index is 0.000000156. The van der Waals surface area contributed by atoms with Gasteiger partial charge < -0.3 is 9.47 Å². The van der Waals surface area contributed by atoms with Crippen molar-refractivity contribution in [3.63, 3.8) is 0 Å². The molecular weight excluding hydrogens is 809 g/mol. The predicted octanol–water partition coefficient (Wildman–Crippen LogP) is 17.9. The molecule has 0 bridgehead atoms. The first-order valence-corrected chi connectivity index (χ1v) is 29.5. The van der Waals surface area contributed by atoms with Gasteiger partial charge in [0.1, 0.15) is 11.9 Å². The Bertz CT molecular complexity index is 1480. The van der Waals surface area contributed by atoms with Crippen LogP contribution in [0.4, 0.5) is 0 Å². The molecule has 0 radical (unpaired) electrons. The molecule has 1 aromatic rings. The van der Waals surface area contributed by atoms with Gasteiger partial charge in [-0.1, -0.05) is 118 Å². The number of rotatable bonds is 8. The zero-order valence-electron chi connectivity index (χ0n) is 43.8. The molecule has 0 atom stereocenters. The van der Waals surface area contributed by atoms with Gasteiger partial charge in [0.25, 0.3) is 0 Å². The van der Waals surface area contributed by atoms with E-state index in [0.29, 0.717) is 5.92 Å². The highest BCUT2D eigenvalue weighted by atomic mass is 16.5. The molecule has 0 spiro atoms. The number of hydrogen-bond donors (Lipinski definition) is 0. The van der Waals surface area contributed by atoms with Crippen LogP contribution in [-0.4, -0.2) is 18.0 Å². The molecule has 8 aliphatic carbocycles. The van der Waals surface area contributed by atoms with Crippen LogP contribution in [0.1, 0.15) is 258 Å². The zero-order chi connectivity index (χ0) is 46.4. The van der Waals surface area contributed by atoms with Gasteiger partial charge in [-0.05, 0) is 236 Å². The fraction of sp³-hybridized carbons (Fsp3) is 0.871. The summed E-state index contributed by atoms with van der Waals surface area (Å²) in [7, 11) is 0. The maximum atomic E-state index is 12.7. The van der Waals surface area contributed by atoms with Gasteiger partial charge in [-0.25, -0.2) is 0 Å². The molecule has 4 heteroatoms. The summed E-state index contributed by atoms with van der Waals surface area (Å²) in [5.41, 5.74) is 1.42. The van der Waals surface area contributed by atoms with E-state index in [-0.39, 0.29) is 29.9 Å². The first-order valence-electron chi connectivity index (χ1n) is 29.5. The van der Waals surface area contributed by atoms with Crippen molar-refractivity contribution < 1.29 is 19.1 Å². The number of carbonyl (C=O) groups excluding carboxylic acids is 2.